The SMILES string of the molecule is Cc1nsc(NC(=O)CCCc2cccs2)c1C(=O)O. The van der Waals surface area contributed by atoms with E-state index in [2.05, 4.69) is 9.69 Å². The van der Waals surface area contributed by atoms with E-state index < -0.39 is 5.97 Å². The van der Waals surface area contributed by atoms with Crippen molar-refractivity contribution < 1.29 is 14.7 Å². The van der Waals surface area contributed by atoms with Crippen LogP contribution in [0.4, 0.5) is 5.00 Å². The van der Waals surface area contributed by atoms with E-state index in [4.69, 9.17) is 5.11 Å². The molecule has 0 saturated heterocycles. The maximum atomic E-state index is 11.8. The quantitative estimate of drug-likeness (QED) is 0.859. The predicted octanol–water partition coefficient (Wildman–Crippen LogP) is 3.17. The zero-order valence-electron chi connectivity index (χ0n) is 10.9. The normalized spacial score (nSPS) is 10.4. The minimum atomic E-state index is -1.06. The molecule has 0 bridgehead atoms. The summed E-state index contributed by atoms with van der Waals surface area (Å²) in [6, 6.07) is 4.02. The van der Waals surface area contributed by atoms with Crippen LogP contribution in [0, 0.1) is 6.92 Å². The molecule has 1 amide bonds. The Kier molecular flexibility index (Phi) is 4.86. The van der Waals surface area contributed by atoms with Crippen molar-refractivity contribution in [1.29, 1.82) is 0 Å². The molecule has 0 fully saturated rings. The van der Waals surface area contributed by atoms with E-state index in [1.165, 1.54) is 4.88 Å². The lowest BCUT2D eigenvalue weighted by Crippen LogP contribution is -2.13. The van der Waals surface area contributed by atoms with Gasteiger partial charge in [0.15, 0.2) is 0 Å². The summed E-state index contributed by atoms with van der Waals surface area (Å²) in [4.78, 5) is 24.1. The molecule has 2 heterocycles. The molecule has 0 spiro atoms. The van der Waals surface area contributed by atoms with Crippen LogP contribution in [0.3, 0.4) is 0 Å². The number of amides is 1. The van der Waals surface area contributed by atoms with Crippen molar-refractivity contribution in [2.75, 3.05) is 5.32 Å². The van der Waals surface area contributed by atoms with Crippen molar-refractivity contribution in [2.24, 2.45) is 0 Å². The number of hydrogen-bond acceptors (Lipinski definition) is 5. The van der Waals surface area contributed by atoms with E-state index >= 15 is 0 Å². The van der Waals surface area contributed by atoms with Crippen LogP contribution in [0.25, 0.3) is 0 Å². The highest BCUT2D eigenvalue weighted by Gasteiger charge is 2.18. The second-order valence-electron chi connectivity index (χ2n) is 4.26. The van der Waals surface area contributed by atoms with Gasteiger partial charge < -0.3 is 10.4 Å². The molecule has 2 N–H and O–H groups in total. The van der Waals surface area contributed by atoms with Gasteiger partial charge in [0.05, 0.1) is 5.69 Å². The van der Waals surface area contributed by atoms with Crippen molar-refractivity contribution in [3.8, 4) is 0 Å². The highest BCUT2D eigenvalue weighted by atomic mass is 32.1. The molecule has 0 aliphatic heterocycles. The summed E-state index contributed by atoms with van der Waals surface area (Å²) in [6.45, 7) is 1.62. The van der Waals surface area contributed by atoms with Crippen LogP contribution in [0.15, 0.2) is 17.5 Å². The molecule has 0 unspecified atom stereocenters. The van der Waals surface area contributed by atoms with Gasteiger partial charge in [-0.2, -0.15) is 4.37 Å². The number of carboxylic acids is 1. The maximum Gasteiger partial charge on any atom is 0.340 e. The molecule has 7 heteroatoms. The fraction of sp³-hybridized carbons (Fsp3) is 0.308. The number of rotatable bonds is 6. The van der Waals surface area contributed by atoms with Crippen molar-refractivity contribution in [2.45, 2.75) is 26.2 Å². The molecular formula is C13H14N2O3S2. The van der Waals surface area contributed by atoms with Crippen molar-refractivity contribution >= 4 is 39.7 Å². The number of hydrogen-bond donors (Lipinski definition) is 2. The lowest BCUT2D eigenvalue weighted by Gasteiger charge is -2.03. The van der Waals surface area contributed by atoms with E-state index in [1.54, 1.807) is 18.3 Å². The summed E-state index contributed by atoms with van der Waals surface area (Å²) >= 11 is 2.67. The molecule has 0 aromatic carbocycles. The summed E-state index contributed by atoms with van der Waals surface area (Å²) in [7, 11) is 0. The van der Waals surface area contributed by atoms with Gasteiger partial charge in [-0.1, -0.05) is 6.07 Å². The van der Waals surface area contributed by atoms with Crippen LogP contribution >= 0.6 is 22.9 Å². The predicted molar refractivity (Wildman–Crippen MR) is 79.7 cm³/mol. The lowest BCUT2D eigenvalue weighted by molar-refractivity contribution is -0.116. The Bertz CT molecular complexity index is 605. The number of nitrogens with one attached hydrogen (secondary N) is 1. The summed E-state index contributed by atoms with van der Waals surface area (Å²) in [5.41, 5.74) is 0.512. The number of thiophene rings is 1. The largest absolute Gasteiger partial charge is 0.478 e. The van der Waals surface area contributed by atoms with Gasteiger partial charge in [0.2, 0.25) is 5.91 Å². The van der Waals surface area contributed by atoms with Crippen LogP contribution in [-0.2, 0) is 11.2 Å². The van der Waals surface area contributed by atoms with Gasteiger partial charge >= 0.3 is 5.97 Å². The highest BCUT2D eigenvalue weighted by Crippen LogP contribution is 2.24. The summed E-state index contributed by atoms with van der Waals surface area (Å²) in [6.07, 6.45) is 1.97. The number of carbonyl (C=O) groups is 2. The monoisotopic (exact) mass is 310 g/mol. The van der Waals surface area contributed by atoms with Gasteiger partial charge in [-0.3, -0.25) is 4.79 Å². The molecule has 5 nitrogen and oxygen atoms in total. The third-order valence-electron chi connectivity index (χ3n) is 2.74. The average molecular weight is 310 g/mol. The van der Waals surface area contributed by atoms with E-state index in [9.17, 15) is 9.59 Å². The van der Waals surface area contributed by atoms with Crippen LogP contribution in [-0.4, -0.2) is 21.4 Å². The molecule has 0 saturated carbocycles. The number of aromatic carboxylic acids is 1. The van der Waals surface area contributed by atoms with Gasteiger partial charge in [-0.15, -0.1) is 11.3 Å². The second kappa shape index (κ2) is 6.62. The average Bonchev–Trinajstić information content (AvgIpc) is 2.99. The minimum absolute atomic E-state index is 0.0848. The fourth-order valence-corrected chi connectivity index (χ4v) is 3.33. The third-order valence-corrected chi connectivity index (χ3v) is 4.53. The standard InChI is InChI=1S/C13H14N2O3S2/c1-8-11(13(17)18)12(20-15-8)14-10(16)6-2-4-9-5-3-7-19-9/h3,5,7H,2,4,6H2,1H3,(H,14,16)(H,17,18). The summed E-state index contributed by atoms with van der Waals surface area (Å²) < 4.78 is 3.96. The fourth-order valence-electron chi connectivity index (χ4n) is 1.77. The van der Waals surface area contributed by atoms with Gasteiger partial charge in [-0.25, -0.2) is 4.79 Å². The van der Waals surface area contributed by atoms with Gasteiger partial charge in [0, 0.05) is 11.3 Å². The molecule has 106 valence electrons. The first-order chi connectivity index (χ1) is 9.58. The van der Waals surface area contributed by atoms with Gasteiger partial charge in [0.1, 0.15) is 10.6 Å². The summed E-state index contributed by atoms with van der Waals surface area (Å²) in [5, 5.41) is 14.0. The van der Waals surface area contributed by atoms with E-state index in [1.807, 2.05) is 17.5 Å². The first-order valence-electron chi connectivity index (χ1n) is 6.09. The molecule has 0 aliphatic rings. The summed E-state index contributed by atoms with van der Waals surface area (Å²) in [5.74, 6) is -1.24. The number of carboxylic acid groups (broad SMARTS) is 1. The Hall–Kier alpha value is -1.73. The zero-order valence-corrected chi connectivity index (χ0v) is 12.5. The number of anilines is 1. The van der Waals surface area contributed by atoms with E-state index in [-0.39, 0.29) is 11.5 Å². The zero-order chi connectivity index (χ0) is 14.5. The molecule has 2 rings (SSSR count). The number of aryl methyl sites for hydroxylation is 2. The number of carbonyl (C=O) groups excluding carboxylic acids is 1. The van der Waals surface area contributed by atoms with Crippen LogP contribution in [0.1, 0.15) is 33.8 Å². The number of nitrogens with zero attached hydrogens (tertiary/aromatic N) is 1. The van der Waals surface area contributed by atoms with Crippen LogP contribution in [0.2, 0.25) is 0 Å². The number of aromatic nitrogens is 1. The Labute approximate surface area is 124 Å². The van der Waals surface area contributed by atoms with Crippen LogP contribution < -0.4 is 5.32 Å². The first kappa shape index (κ1) is 14.7. The van der Waals surface area contributed by atoms with Crippen molar-refractivity contribution in [3.63, 3.8) is 0 Å². The first-order valence-corrected chi connectivity index (χ1v) is 7.75. The smallest absolute Gasteiger partial charge is 0.340 e. The molecule has 2 aromatic rings. The van der Waals surface area contributed by atoms with Gasteiger partial charge in [-0.05, 0) is 42.7 Å². The van der Waals surface area contributed by atoms with Crippen molar-refractivity contribution in [3.05, 3.63) is 33.6 Å². The highest BCUT2D eigenvalue weighted by molar-refractivity contribution is 7.11. The third kappa shape index (κ3) is 3.64. The molecular weight excluding hydrogens is 296 g/mol. The molecule has 20 heavy (non-hydrogen) atoms. The molecule has 2 aromatic heterocycles. The Balaban J connectivity index is 1.87. The van der Waals surface area contributed by atoms with Crippen LogP contribution in [0.5, 0.6) is 0 Å². The Morgan fingerprint density at radius 3 is 2.90 bits per heavy atom. The van der Waals surface area contributed by atoms with Gasteiger partial charge in [0.25, 0.3) is 0 Å². The van der Waals surface area contributed by atoms with E-state index in [0.29, 0.717) is 17.1 Å². The Morgan fingerprint density at radius 1 is 1.45 bits per heavy atom. The molecule has 0 atom stereocenters. The Morgan fingerprint density at radius 2 is 2.25 bits per heavy atom. The topological polar surface area (TPSA) is 79.3 Å². The van der Waals surface area contributed by atoms with E-state index in [0.717, 1.165) is 24.4 Å². The minimum Gasteiger partial charge on any atom is -0.478 e. The van der Waals surface area contributed by atoms with Crippen molar-refractivity contribution in [1.82, 2.24) is 4.37 Å². The second-order valence-corrected chi connectivity index (χ2v) is 6.06. The maximum absolute atomic E-state index is 11.8. The molecule has 0 aliphatic carbocycles. The molecule has 0 radical (unpaired) electrons. The lowest BCUT2D eigenvalue weighted by atomic mass is 10.2.